The highest BCUT2D eigenvalue weighted by Gasteiger charge is 2.25. The third-order valence-electron chi connectivity index (χ3n) is 4.28. The van der Waals surface area contributed by atoms with Crippen LogP contribution >= 0.6 is 0 Å². The number of benzene rings is 1. The van der Waals surface area contributed by atoms with Crippen LogP contribution in [-0.2, 0) is 7.05 Å². The number of piperidine rings is 1. The molecule has 102 valence electrons. The number of imidazole rings is 1. The second-order valence-corrected chi connectivity index (χ2v) is 5.47. The van der Waals surface area contributed by atoms with Gasteiger partial charge in [0.25, 0.3) is 0 Å². The van der Waals surface area contributed by atoms with Gasteiger partial charge >= 0.3 is 0 Å². The predicted molar refractivity (Wildman–Crippen MR) is 74.4 cm³/mol. The van der Waals surface area contributed by atoms with Gasteiger partial charge in [0.2, 0.25) is 0 Å². The summed E-state index contributed by atoms with van der Waals surface area (Å²) in [6, 6.07) is 5.11. The summed E-state index contributed by atoms with van der Waals surface area (Å²) in [7, 11) is 2.01. The van der Waals surface area contributed by atoms with Crippen LogP contribution in [-0.4, -0.2) is 16.1 Å². The normalized spacial score (nSPS) is 23.9. The first-order valence-electron chi connectivity index (χ1n) is 7.04. The Morgan fingerprint density at radius 2 is 2.32 bits per heavy atom. The molecule has 0 saturated carbocycles. The Morgan fingerprint density at radius 1 is 1.47 bits per heavy atom. The Kier molecular flexibility index (Phi) is 3.27. The second-order valence-electron chi connectivity index (χ2n) is 5.47. The Hall–Kier alpha value is -1.42. The van der Waals surface area contributed by atoms with Crippen LogP contribution in [0.15, 0.2) is 18.2 Å². The molecule has 2 unspecified atom stereocenters. The van der Waals surface area contributed by atoms with Crippen LogP contribution < -0.4 is 5.32 Å². The maximum Gasteiger partial charge on any atom is 0.126 e. The van der Waals surface area contributed by atoms with Gasteiger partial charge in [0.1, 0.15) is 11.6 Å². The summed E-state index contributed by atoms with van der Waals surface area (Å²) in [5.74, 6) is 1.57. The number of aromatic nitrogens is 2. The molecular weight excluding hydrogens is 241 g/mol. The number of nitrogens with one attached hydrogen (secondary N) is 1. The van der Waals surface area contributed by atoms with Crippen LogP contribution in [0.3, 0.4) is 0 Å². The van der Waals surface area contributed by atoms with Crippen LogP contribution in [0.5, 0.6) is 0 Å². The maximum atomic E-state index is 13.3. The van der Waals surface area contributed by atoms with E-state index in [1.54, 1.807) is 6.07 Å². The minimum absolute atomic E-state index is 0.222. The third kappa shape index (κ3) is 2.25. The van der Waals surface area contributed by atoms with Crippen molar-refractivity contribution >= 4 is 11.0 Å². The molecule has 1 N–H and O–H groups in total. The van der Waals surface area contributed by atoms with E-state index in [0.29, 0.717) is 6.04 Å². The molecule has 0 aliphatic carbocycles. The van der Waals surface area contributed by atoms with Gasteiger partial charge in [-0.25, -0.2) is 9.37 Å². The van der Waals surface area contributed by atoms with Gasteiger partial charge < -0.3 is 9.88 Å². The monoisotopic (exact) mass is 261 g/mol. The molecule has 0 bridgehead atoms. The topological polar surface area (TPSA) is 29.9 Å². The van der Waals surface area contributed by atoms with Crippen LogP contribution in [0, 0.1) is 11.7 Å². The number of hydrogen-bond donors (Lipinski definition) is 1. The van der Waals surface area contributed by atoms with Gasteiger partial charge in [-0.15, -0.1) is 0 Å². The molecule has 3 nitrogen and oxygen atoms in total. The van der Waals surface area contributed by atoms with Crippen molar-refractivity contribution < 1.29 is 4.39 Å². The summed E-state index contributed by atoms with van der Waals surface area (Å²) in [6.45, 7) is 3.29. The van der Waals surface area contributed by atoms with E-state index in [9.17, 15) is 4.39 Å². The first-order chi connectivity index (χ1) is 9.19. The standard InChI is InChI=1S/C15H20FN3/c1-3-10-6-7-17-13(8-10)15-18-12-9-11(16)4-5-14(12)19(15)2/h4-5,9-10,13,17H,3,6-8H2,1-2H3. The fraction of sp³-hybridized carbons (Fsp3) is 0.533. The number of fused-ring (bicyclic) bond motifs is 1. The molecular formula is C15H20FN3. The van der Waals surface area contributed by atoms with Crippen molar-refractivity contribution in [2.24, 2.45) is 13.0 Å². The molecule has 19 heavy (non-hydrogen) atoms. The van der Waals surface area contributed by atoms with Crippen LogP contribution in [0.4, 0.5) is 4.39 Å². The number of aryl methyl sites for hydroxylation is 1. The Morgan fingerprint density at radius 3 is 3.11 bits per heavy atom. The first kappa shape index (κ1) is 12.6. The Balaban J connectivity index is 1.98. The summed E-state index contributed by atoms with van der Waals surface area (Å²) >= 11 is 0. The SMILES string of the molecule is CCC1CCNC(c2nc3cc(F)ccc3n2C)C1. The molecule has 1 saturated heterocycles. The zero-order valence-corrected chi connectivity index (χ0v) is 11.5. The highest BCUT2D eigenvalue weighted by atomic mass is 19.1. The quantitative estimate of drug-likeness (QED) is 0.900. The van der Waals surface area contributed by atoms with E-state index in [1.807, 2.05) is 7.05 Å². The second kappa shape index (κ2) is 4.93. The molecule has 1 aliphatic heterocycles. The lowest BCUT2D eigenvalue weighted by Gasteiger charge is -2.29. The molecule has 1 aliphatic rings. The van der Waals surface area contributed by atoms with Crippen molar-refractivity contribution in [2.75, 3.05) is 6.54 Å². The molecule has 2 atom stereocenters. The Bertz CT molecular complexity index is 590. The third-order valence-corrected chi connectivity index (χ3v) is 4.28. The van der Waals surface area contributed by atoms with E-state index in [4.69, 9.17) is 0 Å². The zero-order chi connectivity index (χ0) is 13.4. The molecule has 1 aromatic heterocycles. The van der Waals surface area contributed by atoms with E-state index in [1.165, 1.54) is 25.0 Å². The van der Waals surface area contributed by atoms with Crippen molar-refractivity contribution in [1.29, 1.82) is 0 Å². The predicted octanol–water partition coefficient (Wildman–Crippen LogP) is 3.16. The smallest absolute Gasteiger partial charge is 0.126 e. The summed E-state index contributed by atoms with van der Waals surface area (Å²) in [5, 5.41) is 3.54. The van der Waals surface area contributed by atoms with E-state index >= 15 is 0 Å². The largest absolute Gasteiger partial charge is 0.330 e. The number of hydrogen-bond acceptors (Lipinski definition) is 2. The molecule has 2 aromatic rings. The summed E-state index contributed by atoms with van der Waals surface area (Å²) < 4.78 is 15.4. The van der Waals surface area contributed by atoms with Crippen molar-refractivity contribution in [3.8, 4) is 0 Å². The lowest BCUT2D eigenvalue weighted by Crippen LogP contribution is -2.33. The minimum atomic E-state index is -0.222. The Labute approximate surface area is 112 Å². The molecule has 0 radical (unpaired) electrons. The van der Waals surface area contributed by atoms with Crippen molar-refractivity contribution in [3.63, 3.8) is 0 Å². The lowest BCUT2D eigenvalue weighted by molar-refractivity contribution is 0.288. The van der Waals surface area contributed by atoms with Crippen LogP contribution in [0.25, 0.3) is 11.0 Å². The van der Waals surface area contributed by atoms with Gasteiger partial charge in [0, 0.05) is 13.1 Å². The molecule has 0 amide bonds. The fourth-order valence-electron chi connectivity index (χ4n) is 3.07. The van der Waals surface area contributed by atoms with Crippen molar-refractivity contribution in [2.45, 2.75) is 32.2 Å². The number of nitrogens with zero attached hydrogens (tertiary/aromatic N) is 2. The minimum Gasteiger partial charge on any atom is -0.330 e. The van der Waals surface area contributed by atoms with Gasteiger partial charge in [-0.2, -0.15) is 0 Å². The summed E-state index contributed by atoms with van der Waals surface area (Å²) in [4.78, 5) is 4.63. The number of rotatable bonds is 2. The molecule has 1 aromatic carbocycles. The molecule has 4 heteroatoms. The van der Waals surface area contributed by atoms with Gasteiger partial charge in [-0.05, 0) is 37.4 Å². The van der Waals surface area contributed by atoms with E-state index in [0.717, 1.165) is 35.7 Å². The highest BCUT2D eigenvalue weighted by Crippen LogP contribution is 2.30. The molecule has 3 rings (SSSR count). The maximum absolute atomic E-state index is 13.3. The molecule has 0 spiro atoms. The fourth-order valence-corrected chi connectivity index (χ4v) is 3.07. The molecule has 2 heterocycles. The van der Waals surface area contributed by atoms with Gasteiger partial charge in [-0.1, -0.05) is 13.3 Å². The average molecular weight is 261 g/mol. The van der Waals surface area contributed by atoms with E-state index in [2.05, 4.69) is 21.8 Å². The van der Waals surface area contributed by atoms with E-state index in [-0.39, 0.29) is 5.82 Å². The zero-order valence-electron chi connectivity index (χ0n) is 11.5. The summed E-state index contributed by atoms with van der Waals surface area (Å²) in [6.07, 6.45) is 3.58. The summed E-state index contributed by atoms with van der Waals surface area (Å²) in [5.41, 5.74) is 1.75. The molecule has 1 fully saturated rings. The van der Waals surface area contributed by atoms with Crippen LogP contribution in [0.1, 0.15) is 38.1 Å². The number of halogens is 1. The lowest BCUT2D eigenvalue weighted by atomic mass is 9.90. The van der Waals surface area contributed by atoms with Crippen LogP contribution in [0.2, 0.25) is 0 Å². The van der Waals surface area contributed by atoms with Gasteiger partial charge in [0.15, 0.2) is 0 Å². The average Bonchev–Trinajstić information content (AvgIpc) is 2.75. The van der Waals surface area contributed by atoms with Gasteiger partial charge in [-0.3, -0.25) is 0 Å². The van der Waals surface area contributed by atoms with Gasteiger partial charge in [0.05, 0.1) is 17.1 Å². The van der Waals surface area contributed by atoms with E-state index < -0.39 is 0 Å². The first-order valence-corrected chi connectivity index (χ1v) is 7.04. The highest BCUT2D eigenvalue weighted by molar-refractivity contribution is 5.76. The van der Waals surface area contributed by atoms with Crippen molar-refractivity contribution in [3.05, 3.63) is 29.8 Å². The van der Waals surface area contributed by atoms with Crippen molar-refractivity contribution in [1.82, 2.24) is 14.9 Å².